The van der Waals surface area contributed by atoms with Crippen molar-refractivity contribution < 1.29 is 104 Å². The minimum absolute atomic E-state index is 0. The van der Waals surface area contributed by atoms with Crippen LogP contribution in [0.4, 0.5) is 0 Å². The van der Waals surface area contributed by atoms with Crippen LogP contribution in [0.15, 0.2) is 0 Å². The van der Waals surface area contributed by atoms with Crippen LogP contribution < -0.4 is 86.2 Å². The van der Waals surface area contributed by atoms with Crippen LogP contribution in [0.3, 0.4) is 0 Å². The maximum absolute atomic E-state index is 9.22. The molecule has 0 atom stereocenters. The van der Waals surface area contributed by atoms with E-state index in [9.17, 15) is 3.47 Å². The molecule has 0 aromatic carbocycles. The molecule has 0 amide bonds. The van der Waals surface area contributed by atoms with Gasteiger partial charge in [0.2, 0.25) is 0 Å². The Balaban J connectivity index is -0.000000142. The van der Waals surface area contributed by atoms with Crippen molar-refractivity contribution in [3.63, 3.8) is 0 Å². The summed E-state index contributed by atoms with van der Waals surface area (Å²) in [6, 6.07) is 0. The van der Waals surface area contributed by atoms with Crippen LogP contribution in [-0.2, 0) is 0 Å². The van der Waals surface area contributed by atoms with E-state index in [0.29, 0.717) is 0 Å². The predicted octanol–water partition coefficient (Wildman–Crippen LogP) is -13.9. The van der Waals surface area contributed by atoms with Gasteiger partial charge in [-0.2, -0.15) is 0 Å². The molecule has 0 unspecified atom stereocenters. The molecule has 0 spiro atoms. The monoisotopic (exact) mass is 445 g/mol. The number of rotatable bonds is 0. The van der Waals surface area contributed by atoms with Gasteiger partial charge in [0, 0.05) is 0 Å². The van der Waals surface area contributed by atoms with E-state index in [4.69, 9.17) is 27.7 Å². The normalized spacial score (nSPS) is 16.5. The van der Waals surface area contributed by atoms with Crippen molar-refractivity contribution in [1.29, 1.82) is 0 Å². The van der Waals surface area contributed by atoms with Crippen LogP contribution in [0.2, 0.25) is 0 Å². The van der Waals surface area contributed by atoms with Gasteiger partial charge in [0.25, 0.3) is 21.1 Å². The average molecular weight is 443 g/mol. The van der Waals surface area contributed by atoms with E-state index in [1.54, 1.807) is 0 Å². The number of hydrogen-bond donors (Lipinski definition) is 5. The Morgan fingerprint density at radius 3 is 0.833 bits per heavy atom. The molecule has 0 bridgehead atoms. The molecule has 0 radical (unpaired) electrons. The van der Waals surface area contributed by atoms with Crippen LogP contribution >= 0.6 is 0 Å². The van der Waals surface area contributed by atoms with Gasteiger partial charge in [0.05, 0.1) is 0 Å². The molecule has 0 saturated heterocycles. The summed E-state index contributed by atoms with van der Waals surface area (Å²) < 4.78 is 71.5. The van der Waals surface area contributed by atoms with Crippen LogP contribution in [0, 0.1) is 0 Å². The Kier molecular flexibility index (Phi) is 8.81. The van der Waals surface area contributed by atoms with E-state index < -0.39 is 39.0 Å². The molecule has 0 saturated carbocycles. The Hall–Kier alpha value is 2.80. The fraction of sp³-hybridized carbons (Fsp3) is 0. The van der Waals surface area contributed by atoms with Gasteiger partial charge in [-0.05, 0) is 0 Å². The zero-order valence-corrected chi connectivity index (χ0v) is 13.3. The predicted molar refractivity (Wildman–Crippen MR) is 16.8 cm³/mol. The molecular weight excluding hydrogens is 438 g/mol. The van der Waals surface area contributed by atoms with E-state index in [1.807, 2.05) is 0 Å². The summed E-state index contributed by atoms with van der Waals surface area (Å²) in [5.74, 6) is 0. The SMILES string of the molecule is [K+].[O-][I+2]([O-])[O-].[O-][Te](O)(O)(O)(O)O. The van der Waals surface area contributed by atoms with E-state index in [-0.39, 0.29) is 51.4 Å². The van der Waals surface area contributed by atoms with Gasteiger partial charge in [-0.15, -0.1) is 0 Å². The van der Waals surface area contributed by atoms with Crippen molar-refractivity contribution in [3.8, 4) is 0 Å². The van der Waals surface area contributed by atoms with Gasteiger partial charge in [-0.1, -0.05) is 0 Å². The van der Waals surface area contributed by atoms with Gasteiger partial charge in [-0.3, -0.25) is 0 Å². The van der Waals surface area contributed by atoms with Crippen molar-refractivity contribution in [2.24, 2.45) is 0 Å². The quantitative estimate of drug-likeness (QED) is 0.179. The summed E-state index contributed by atoms with van der Waals surface area (Å²) in [6.07, 6.45) is 0. The van der Waals surface area contributed by atoms with Crippen molar-refractivity contribution >= 4 is 17.9 Å². The molecule has 0 aromatic rings. The Morgan fingerprint density at radius 2 is 0.833 bits per heavy atom. The van der Waals surface area contributed by atoms with E-state index in [1.165, 1.54) is 0 Å². The molecule has 74 valence electrons. The van der Waals surface area contributed by atoms with Gasteiger partial charge in [0.15, 0.2) is 0 Å². The minimum atomic E-state index is -8.43. The summed E-state index contributed by atoms with van der Waals surface area (Å²) in [5, 5.41) is 0. The van der Waals surface area contributed by atoms with Crippen molar-refractivity contribution in [1.82, 2.24) is 0 Å². The van der Waals surface area contributed by atoms with E-state index in [2.05, 4.69) is 0 Å². The van der Waals surface area contributed by atoms with E-state index in [0.717, 1.165) is 0 Å². The molecule has 9 nitrogen and oxygen atoms in total. The second-order valence-corrected chi connectivity index (χ2v) is 9.24. The first-order chi connectivity index (χ1) is 4.18. The van der Waals surface area contributed by atoms with Crippen molar-refractivity contribution in [2.45, 2.75) is 0 Å². The fourth-order valence-electron chi connectivity index (χ4n) is 0. The summed E-state index contributed by atoms with van der Waals surface area (Å²) in [5.41, 5.74) is 0. The van der Waals surface area contributed by atoms with Gasteiger partial charge in [0.1, 0.15) is 0 Å². The first kappa shape index (κ1) is 20.2. The van der Waals surface area contributed by atoms with Crippen molar-refractivity contribution in [2.75, 3.05) is 0 Å². The van der Waals surface area contributed by atoms with Crippen molar-refractivity contribution in [3.05, 3.63) is 0 Å². The topological polar surface area (TPSA) is 193 Å². The number of hydrogen-bond acceptors (Lipinski definition) is 9. The molecule has 0 aliphatic heterocycles. The van der Waals surface area contributed by atoms with Crippen LogP contribution in [0.5, 0.6) is 0 Å². The second-order valence-electron chi connectivity index (χ2n) is 1.38. The maximum atomic E-state index is 9.22. The van der Waals surface area contributed by atoms with Crippen LogP contribution in [0.25, 0.3) is 0 Å². The molecule has 0 rings (SSSR count). The molecule has 0 aliphatic rings. The molecule has 12 heteroatoms. The average Bonchev–Trinajstić information content (AvgIpc) is 1.11. The van der Waals surface area contributed by atoms with Crippen LogP contribution in [0.1, 0.15) is 0 Å². The summed E-state index contributed by atoms with van der Waals surface area (Å²) in [7, 11) is 0. The third kappa shape index (κ3) is 228. The molecule has 0 aromatic heterocycles. The first-order valence-corrected chi connectivity index (χ1v) is 10.3. The second kappa shape index (κ2) is 5.22. The molecule has 0 fully saturated rings. The Bertz CT molecular complexity index is 101. The molecule has 5 N–H and O–H groups in total. The zero-order chi connectivity index (χ0) is 9.99. The van der Waals surface area contributed by atoms with E-state index >= 15 is 0 Å². The Labute approximate surface area is 119 Å². The first-order valence-electron chi connectivity index (χ1n) is 1.54. The van der Waals surface area contributed by atoms with Gasteiger partial charge < -0.3 is 10.3 Å². The summed E-state index contributed by atoms with van der Waals surface area (Å²) >= 11 is -12.4. The molecule has 0 heterocycles. The third-order valence-electron chi connectivity index (χ3n) is 0. The molecule has 0 aliphatic carbocycles. The van der Waals surface area contributed by atoms with Gasteiger partial charge >= 0.3 is 90.1 Å². The summed E-state index contributed by atoms with van der Waals surface area (Å²) in [4.78, 5) is 0. The third-order valence-corrected chi connectivity index (χ3v) is 0. The van der Waals surface area contributed by atoms with Gasteiger partial charge in [-0.25, -0.2) is 0 Å². The fourth-order valence-corrected chi connectivity index (χ4v) is 0. The standard InChI is InChI=1S/IO3.K.H6O6Te/c2-1(3)4;;1-7(2,3,4,5)6/h;;1-6H/q-1;+1;/p-1. The molecular formula is H5IKO9Te-. The molecule has 12 heavy (non-hydrogen) atoms. The summed E-state index contributed by atoms with van der Waals surface area (Å²) in [6.45, 7) is 0. The Morgan fingerprint density at radius 1 is 0.833 bits per heavy atom. The zero-order valence-electron chi connectivity index (χ0n) is 5.66. The number of halogens is 1. The van der Waals surface area contributed by atoms with Crippen LogP contribution in [-0.4, -0.2) is 35.3 Å².